The number of fused-ring (bicyclic) bond motifs is 2. The summed E-state index contributed by atoms with van der Waals surface area (Å²) in [5.74, 6) is -1.23. The summed E-state index contributed by atoms with van der Waals surface area (Å²) < 4.78 is 17.1. The van der Waals surface area contributed by atoms with E-state index in [2.05, 4.69) is 0 Å². The molecule has 1 N–H and O–H groups in total. The van der Waals surface area contributed by atoms with E-state index in [4.69, 9.17) is 13.9 Å². The Balaban J connectivity index is 1.78. The van der Waals surface area contributed by atoms with Crippen molar-refractivity contribution in [3.05, 3.63) is 63.8 Å². The molecule has 3 atom stereocenters. The quantitative estimate of drug-likeness (QED) is 0.422. The number of carbonyl (C=O) groups is 2. The zero-order chi connectivity index (χ0) is 25.7. The van der Waals surface area contributed by atoms with E-state index in [1.807, 2.05) is 13.0 Å². The maximum absolute atomic E-state index is 13.4. The molecule has 3 aromatic rings. The second-order valence-electron chi connectivity index (χ2n) is 9.22. The van der Waals surface area contributed by atoms with Gasteiger partial charge in [0.15, 0.2) is 5.43 Å². The molecule has 0 spiro atoms. The maximum Gasteiger partial charge on any atom is 0.234 e. The molecule has 1 aliphatic heterocycles. The van der Waals surface area contributed by atoms with Crippen LogP contribution in [0, 0.1) is 11.8 Å². The molecule has 1 fully saturated rings. The monoisotopic (exact) mass is 489 g/mol. The molecule has 5 rings (SSSR count). The standard InChI is InChI=1S/C28H27NO7/c1-5-29-27(32)18-11-14(2)10-17(23(18)28(29)33)24-22(35-4)13-20(31)25-19(30)12-21(36-26(24)25)15-6-8-16(34-3)9-7-15/h6-10,12-13,17-18,23,31H,5,11H2,1-4H3/t17-,18-,23+/m0/s1. The average Bonchev–Trinajstić information content (AvgIpc) is 3.11. The maximum atomic E-state index is 13.4. The van der Waals surface area contributed by atoms with E-state index >= 15 is 0 Å². The van der Waals surface area contributed by atoms with E-state index in [9.17, 15) is 19.5 Å². The van der Waals surface area contributed by atoms with E-state index < -0.39 is 23.2 Å². The van der Waals surface area contributed by atoms with Gasteiger partial charge in [-0.15, -0.1) is 0 Å². The molecule has 2 heterocycles. The van der Waals surface area contributed by atoms with E-state index in [0.29, 0.717) is 35.6 Å². The molecule has 8 heteroatoms. The number of likely N-dealkylation sites (tertiary alicyclic amines) is 1. The zero-order valence-electron chi connectivity index (χ0n) is 20.5. The van der Waals surface area contributed by atoms with Crippen molar-refractivity contribution < 1.29 is 28.6 Å². The number of phenols is 1. The second-order valence-corrected chi connectivity index (χ2v) is 9.22. The fourth-order valence-electron chi connectivity index (χ4n) is 5.53. The number of hydrogen-bond acceptors (Lipinski definition) is 7. The zero-order valence-corrected chi connectivity index (χ0v) is 20.5. The summed E-state index contributed by atoms with van der Waals surface area (Å²) in [5.41, 5.74) is 1.76. The van der Waals surface area contributed by atoms with Crippen molar-refractivity contribution in [2.75, 3.05) is 20.8 Å². The number of hydrogen-bond donors (Lipinski definition) is 1. The Morgan fingerprint density at radius 1 is 1.06 bits per heavy atom. The van der Waals surface area contributed by atoms with E-state index in [0.717, 1.165) is 5.57 Å². The molecular formula is C28H27NO7. The van der Waals surface area contributed by atoms with Crippen molar-refractivity contribution >= 4 is 22.8 Å². The van der Waals surface area contributed by atoms with Gasteiger partial charge in [-0.1, -0.05) is 11.6 Å². The third-order valence-electron chi connectivity index (χ3n) is 7.19. The van der Waals surface area contributed by atoms with Gasteiger partial charge in [-0.05, 0) is 44.5 Å². The normalized spacial score (nSPS) is 21.5. The highest BCUT2D eigenvalue weighted by Gasteiger charge is 2.52. The number of ether oxygens (including phenoxy) is 2. The topological polar surface area (TPSA) is 106 Å². The van der Waals surface area contributed by atoms with Crippen molar-refractivity contribution in [2.24, 2.45) is 11.8 Å². The number of methoxy groups -OCH3 is 2. The van der Waals surface area contributed by atoms with Crippen LogP contribution in [0.15, 0.2) is 57.3 Å². The number of nitrogens with zero attached hydrogens (tertiary/aromatic N) is 1. The van der Waals surface area contributed by atoms with Gasteiger partial charge in [-0.3, -0.25) is 19.3 Å². The van der Waals surface area contributed by atoms with Gasteiger partial charge in [0.05, 0.1) is 26.1 Å². The molecule has 2 aromatic carbocycles. The molecule has 2 aliphatic rings. The van der Waals surface area contributed by atoms with Crippen LogP contribution in [-0.4, -0.2) is 42.6 Å². The summed E-state index contributed by atoms with van der Waals surface area (Å²) in [5, 5.41) is 10.7. The van der Waals surface area contributed by atoms with Gasteiger partial charge >= 0.3 is 0 Å². The molecule has 1 aromatic heterocycles. The van der Waals surface area contributed by atoms with E-state index in [1.165, 1.54) is 24.1 Å². The van der Waals surface area contributed by atoms with Crippen LogP contribution in [0.25, 0.3) is 22.3 Å². The number of aromatic hydroxyl groups is 1. The second kappa shape index (κ2) is 8.86. The number of allylic oxidation sites excluding steroid dienone is 2. The minimum atomic E-state index is -0.655. The minimum Gasteiger partial charge on any atom is -0.507 e. The van der Waals surface area contributed by atoms with Gasteiger partial charge in [-0.25, -0.2) is 0 Å². The van der Waals surface area contributed by atoms with Crippen LogP contribution in [0.5, 0.6) is 17.2 Å². The summed E-state index contributed by atoms with van der Waals surface area (Å²) in [6, 6.07) is 9.73. The Labute approximate surface area is 207 Å². The minimum absolute atomic E-state index is 0.000332. The predicted molar refractivity (Wildman–Crippen MR) is 133 cm³/mol. The Morgan fingerprint density at radius 2 is 1.78 bits per heavy atom. The highest BCUT2D eigenvalue weighted by molar-refractivity contribution is 6.06. The molecule has 2 amide bonds. The van der Waals surface area contributed by atoms with Crippen molar-refractivity contribution in [3.8, 4) is 28.6 Å². The molecule has 0 unspecified atom stereocenters. The lowest BCUT2D eigenvalue weighted by Crippen LogP contribution is -2.31. The van der Waals surface area contributed by atoms with Crippen LogP contribution in [0.3, 0.4) is 0 Å². The van der Waals surface area contributed by atoms with E-state index in [-0.39, 0.29) is 34.3 Å². The number of imide groups is 1. The van der Waals surface area contributed by atoms with Gasteiger partial charge in [0.2, 0.25) is 11.8 Å². The molecule has 0 bridgehead atoms. The van der Waals surface area contributed by atoms with Crippen LogP contribution in [0.1, 0.15) is 31.7 Å². The summed E-state index contributed by atoms with van der Waals surface area (Å²) in [4.78, 5) is 40.9. The van der Waals surface area contributed by atoms with Crippen molar-refractivity contribution in [2.45, 2.75) is 26.2 Å². The highest BCUT2D eigenvalue weighted by Crippen LogP contribution is 2.50. The molecule has 1 saturated heterocycles. The summed E-state index contributed by atoms with van der Waals surface area (Å²) in [6.07, 6.45) is 2.43. The largest absolute Gasteiger partial charge is 0.507 e. The molecule has 186 valence electrons. The predicted octanol–water partition coefficient (Wildman–Crippen LogP) is 4.24. The molecule has 0 saturated carbocycles. The lowest BCUT2D eigenvalue weighted by atomic mass is 9.71. The summed E-state index contributed by atoms with van der Waals surface area (Å²) in [7, 11) is 3.01. The smallest absolute Gasteiger partial charge is 0.234 e. The van der Waals surface area contributed by atoms with Gasteiger partial charge in [0, 0.05) is 35.7 Å². The number of amides is 2. The van der Waals surface area contributed by atoms with Crippen molar-refractivity contribution in [1.82, 2.24) is 4.90 Å². The Bertz CT molecular complexity index is 1470. The van der Waals surface area contributed by atoms with Gasteiger partial charge < -0.3 is 19.0 Å². The lowest BCUT2D eigenvalue weighted by molar-refractivity contribution is -0.139. The van der Waals surface area contributed by atoms with Gasteiger partial charge in [0.25, 0.3) is 0 Å². The summed E-state index contributed by atoms with van der Waals surface area (Å²) >= 11 is 0. The van der Waals surface area contributed by atoms with Gasteiger partial charge in [0.1, 0.15) is 34.0 Å². The lowest BCUT2D eigenvalue weighted by Gasteiger charge is -2.30. The third kappa shape index (κ3) is 3.56. The number of carbonyl (C=O) groups excluding carboxylic acids is 2. The first-order chi connectivity index (χ1) is 17.3. The number of rotatable bonds is 5. The number of phenolic OH excluding ortho intramolecular Hbond substituents is 1. The number of benzene rings is 2. The van der Waals surface area contributed by atoms with E-state index in [1.54, 1.807) is 38.3 Å². The SMILES string of the molecule is CCN1C(=O)[C@H]2[C@H](CC(C)=C[C@@H]2c2c(OC)cc(O)c3c(=O)cc(-c4ccc(OC)cc4)oc23)C1=O. The third-order valence-corrected chi connectivity index (χ3v) is 7.19. The fraction of sp³-hybridized carbons (Fsp3) is 0.321. The Hall–Kier alpha value is -4.07. The first-order valence-electron chi connectivity index (χ1n) is 11.8. The van der Waals surface area contributed by atoms with Crippen LogP contribution in [0.4, 0.5) is 0 Å². The highest BCUT2D eigenvalue weighted by atomic mass is 16.5. The molecule has 8 nitrogen and oxygen atoms in total. The van der Waals surface area contributed by atoms with Crippen LogP contribution in [-0.2, 0) is 9.59 Å². The molecule has 0 radical (unpaired) electrons. The van der Waals surface area contributed by atoms with Crippen LogP contribution >= 0.6 is 0 Å². The molecular weight excluding hydrogens is 462 g/mol. The molecule has 36 heavy (non-hydrogen) atoms. The Morgan fingerprint density at radius 3 is 2.42 bits per heavy atom. The fourth-order valence-corrected chi connectivity index (χ4v) is 5.53. The summed E-state index contributed by atoms with van der Waals surface area (Å²) in [6.45, 7) is 3.99. The van der Waals surface area contributed by atoms with Crippen LogP contribution < -0.4 is 14.9 Å². The first kappa shape index (κ1) is 23.7. The molecule has 1 aliphatic carbocycles. The van der Waals surface area contributed by atoms with Crippen molar-refractivity contribution in [3.63, 3.8) is 0 Å². The Kier molecular flexibility index (Phi) is 5.82. The first-order valence-corrected chi connectivity index (χ1v) is 11.8. The average molecular weight is 490 g/mol. The van der Waals surface area contributed by atoms with Crippen LogP contribution in [0.2, 0.25) is 0 Å². The van der Waals surface area contributed by atoms with Gasteiger partial charge in [-0.2, -0.15) is 0 Å². The van der Waals surface area contributed by atoms with Crippen molar-refractivity contribution in [1.29, 1.82) is 0 Å².